The summed E-state index contributed by atoms with van der Waals surface area (Å²) in [5.41, 5.74) is 0.881. The Morgan fingerprint density at radius 2 is 2.11 bits per heavy atom. The van der Waals surface area contributed by atoms with Gasteiger partial charge in [0.2, 0.25) is 0 Å². The highest BCUT2D eigenvalue weighted by Gasteiger charge is 2.45. The van der Waals surface area contributed by atoms with Gasteiger partial charge in [-0.1, -0.05) is 37.3 Å². The molecule has 2 atom stereocenters. The van der Waals surface area contributed by atoms with Crippen LogP contribution in [0.2, 0.25) is 0 Å². The molecule has 0 heterocycles. The number of ether oxygens (including phenoxy) is 1. The molecule has 0 radical (unpaired) electrons. The summed E-state index contributed by atoms with van der Waals surface area (Å²) in [7, 11) is 0. The van der Waals surface area contributed by atoms with E-state index >= 15 is 0 Å². The molecule has 0 bridgehead atoms. The molecule has 104 valence electrons. The average Bonchev–Trinajstić information content (AvgIpc) is 2.77. The van der Waals surface area contributed by atoms with Crippen molar-refractivity contribution >= 4 is 5.78 Å². The summed E-state index contributed by atoms with van der Waals surface area (Å²) in [6.45, 7) is 3.24. The van der Waals surface area contributed by atoms with Crippen LogP contribution in [0.5, 0.6) is 0 Å². The molecule has 0 amide bonds. The number of hydrogen-bond donors (Lipinski definition) is 1. The van der Waals surface area contributed by atoms with Crippen molar-refractivity contribution in [2.24, 2.45) is 11.3 Å². The predicted octanol–water partition coefficient (Wildman–Crippen LogP) is 2.57. The summed E-state index contributed by atoms with van der Waals surface area (Å²) in [5, 5.41) is 9.61. The fraction of sp³-hybridized carbons (Fsp3) is 0.562. The molecular formula is C16H22O3. The molecule has 1 aliphatic rings. The first-order valence-electron chi connectivity index (χ1n) is 6.94. The van der Waals surface area contributed by atoms with E-state index in [1.807, 2.05) is 37.3 Å². The predicted molar refractivity (Wildman–Crippen MR) is 73.6 cm³/mol. The lowest BCUT2D eigenvalue weighted by atomic mass is 9.76. The third-order valence-corrected chi connectivity index (χ3v) is 4.34. The van der Waals surface area contributed by atoms with Gasteiger partial charge in [-0.2, -0.15) is 0 Å². The normalized spacial score (nSPS) is 26.8. The van der Waals surface area contributed by atoms with Gasteiger partial charge in [0, 0.05) is 24.9 Å². The van der Waals surface area contributed by atoms with Crippen LogP contribution in [0.1, 0.15) is 31.7 Å². The summed E-state index contributed by atoms with van der Waals surface area (Å²) in [4.78, 5) is 11.7. The van der Waals surface area contributed by atoms with Crippen molar-refractivity contribution in [1.82, 2.24) is 0 Å². The van der Waals surface area contributed by atoms with Crippen LogP contribution in [-0.2, 0) is 16.1 Å². The van der Waals surface area contributed by atoms with Crippen molar-refractivity contribution in [3.63, 3.8) is 0 Å². The maximum Gasteiger partial charge on any atom is 0.133 e. The van der Waals surface area contributed by atoms with Crippen molar-refractivity contribution in [3.05, 3.63) is 35.9 Å². The molecule has 0 aliphatic heterocycles. The molecule has 1 aromatic rings. The molecule has 1 fully saturated rings. The number of Topliss-reactive ketones (excluding diaryl/α,β-unsaturated/α-hetero) is 1. The summed E-state index contributed by atoms with van der Waals surface area (Å²) < 4.78 is 5.75. The van der Waals surface area contributed by atoms with Gasteiger partial charge in [-0.25, -0.2) is 0 Å². The lowest BCUT2D eigenvalue weighted by Crippen LogP contribution is -2.32. The monoisotopic (exact) mass is 262 g/mol. The van der Waals surface area contributed by atoms with E-state index in [0.29, 0.717) is 26.1 Å². The number of ketones is 1. The Kier molecular flexibility index (Phi) is 4.72. The fourth-order valence-corrected chi connectivity index (χ4v) is 2.94. The minimum absolute atomic E-state index is 0.0780. The average molecular weight is 262 g/mol. The van der Waals surface area contributed by atoms with Crippen LogP contribution in [-0.4, -0.2) is 24.1 Å². The van der Waals surface area contributed by atoms with Crippen molar-refractivity contribution in [2.75, 3.05) is 13.2 Å². The third-order valence-electron chi connectivity index (χ3n) is 4.34. The van der Waals surface area contributed by atoms with Gasteiger partial charge in [0.05, 0.1) is 13.2 Å². The van der Waals surface area contributed by atoms with E-state index in [-0.39, 0.29) is 23.7 Å². The molecule has 0 aromatic heterocycles. The Morgan fingerprint density at radius 1 is 1.37 bits per heavy atom. The van der Waals surface area contributed by atoms with Gasteiger partial charge in [-0.3, -0.25) is 4.79 Å². The first kappa shape index (κ1) is 14.2. The maximum atomic E-state index is 11.7. The molecule has 3 nitrogen and oxygen atoms in total. The zero-order valence-electron chi connectivity index (χ0n) is 11.5. The topological polar surface area (TPSA) is 46.5 Å². The zero-order chi connectivity index (χ0) is 13.7. The second kappa shape index (κ2) is 6.31. The lowest BCUT2D eigenvalue weighted by Gasteiger charge is -2.31. The van der Waals surface area contributed by atoms with Gasteiger partial charge in [0.1, 0.15) is 5.78 Å². The Bertz CT molecular complexity index is 409. The van der Waals surface area contributed by atoms with Gasteiger partial charge in [0.25, 0.3) is 0 Å². The molecule has 0 saturated heterocycles. The number of carbonyl (C=O) groups is 1. The highest BCUT2D eigenvalue weighted by molar-refractivity contribution is 5.82. The van der Waals surface area contributed by atoms with Crippen molar-refractivity contribution < 1.29 is 14.6 Å². The molecule has 3 heteroatoms. The highest BCUT2D eigenvalue weighted by Crippen LogP contribution is 2.44. The van der Waals surface area contributed by atoms with Crippen LogP contribution < -0.4 is 0 Å². The second-order valence-corrected chi connectivity index (χ2v) is 5.49. The first-order valence-corrected chi connectivity index (χ1v) is 6.94. The number of carbonyl (C=O) groups excluding carboxylic acids is 1. The van der Waals surface area contributed by atoms with Crippen LogP contribution in [0, 0.1) is 11.3 Å². The number of aliphatic hydroxyl groups is 1. The van der Waals surface area contributed by atoms with Crippen molar-refractivity contribution in [1.29, 1.82) is 0 Å². The van der Waals surface area contributed by atoms with E-state index < -0.39 is 0 Å². The van der Waals surface area contributed by atoms with Crippen LogP contribution in [0.15, 0.2) is 30.3 Å². The molecule has 2 unspecified atom stereocenters. The van der Waals surface area contributed by atoms with E-state index in [1.54, 1.807) is 0 Å². The number of hydrogen-bond acceptors (Lipinski definition) is 3. The van der Waals surface area contributed by atoms with Gasteiger partial charge in [-0.15, -0.1) is 0 Å². The van der Waals surface area contributed by atoms with E-state index in [1.165, 1.54) is 0 Å². The fourth-order valence-electron chi connectivity index (χ4n) is 2.94. The van der Waals surface area contributed by atoms with Crippen LogP contribution in [0.4, 0.5) is 0 Å². The van der Waals surface area contributed by atoms with Crippen molar-refractivity contribution in [2.45, 2.75) is 32.8 Å². The van der Waals surface area contributed by atoms with E-state index in [2.05, 4.69) is 0 Å². The number of rotatable bonds is 6. The Morgan fingerprint density at radius 3 is 2.74 bits per heavy atom. The number of benzene rings is 1. The molecule has 2 rings (SSSR count). The second-order valence-electron chi connectivity index (χ2n) is 5.49. The molecular weight excluding hydrogens is 240 g/mol. The molecule has 0 spiro atoms. The van der Waals surface area contributed by atoms with Crippen LogP contribution in [0.25, 0.3) is 0 Å². The van der Waals surface area contributed by atoms with Gasteiger partial charge < -0.3 is 9.84 Å². The Hall–Kier alpha value is -1.19. The van der Waals surface area contributed by atoms with E-state index in [4.69, 9.17) is 4.74 Å². The Labute approximate surface area is 114 Å². The molecule has 1 aliphatic carbocycles. The van der Waals surface area contributed by atoms with E-state index in [9.17, 15) is 9.90 Å². The summed E-state index contributed by atoms with van der Waals surface area (Å²) in [6, 6.07) is 10.0. The molecule has 1 N–H and O–H groups in total. The molecule has 1 saturated carbocycles. The lowest BCUT2D eigenvalue weighted by molar-refractivity contribution is -0.118. The van der Waals surface area contributed by atoms with Crippen LogP contribution in [0.3, 0.4) is 0 Å². The summed E-state index contributed by atoms with van der Waals surface area (Å²) >= 11 is 0. The first-order chi connectivity index (χ1) is 9.20. The number of aliphatic hydroxyl groups excluding tert-OH is 1. The van der Waals surface area contributed by atoms with Gasteiger partial charge in [-0.05, 0) is 17.9 Å². The minimum atomic E-state index is -0.256. The quantitative estimate of drug-likeness (QED) is 0.857. The van der Waals surface area contributed by atoms with Crippen molar-refractivity contribution in [3.8, 4) is 0 Å². The minimum Gasteiger partial charge on any atom is -0.396 e. The molecule has 19 heavy (non-hydrogen) atoms. The van der Waals surface area contributed by atoms with Gasteiger partial charge >= 0.3 is 0 Å². The summed E-state index contributed by atoms with van der Waals surface area (Å²) in [6.07, 6.45) is 1.87. The van der Waals surface area contributed by atoms with E-state index in [0.717, 1.165) is 12.0 Å². The summed E-state index contributed by atoms with van der Waals surface area (Å²) in [5.74, 6) is 0.405. The Balaban J connectivity index is 1.89. The largest absolute Gasteiger partial charge is 0.396 e. The smallest absolute Gasteiger partial charge is 0.133 e. The maximum absolute atomic E-state index is 11.7. The highest BCUT2D eigenvalue weighted by atomic mass is 16.5. The third kappa shape index (κ3) is 3.23. The standard InChI is InChI=1S/C16H22O3/c1-2-16(12-17)9-15(18)8-14(16)11-19-10-13-6-4-3-5-7-13/h3-7,14,17H,2,8-12H2,1H3. The van der Waals surface area contributed by atoms with Gasteiger partial charge in [0.15, 0.2) is 0 Å². The zero-order valence-corrected chi connectivity index (χ0v) is 11.5. The molecule has 1 aromatic carbocycles. The van der Waals surface area contributed by atoms with Crippen LogP contribution >= 0.6 is 0 Å². The SMILES string of the molecule is CCC1(CO)CC(=O)CC1COCc1ccccc1.